The fourth-order valence-corrected chi connectivity index (χ4v) is 2.68. The van der Waals surface area contributed by atoms with Crippen molar-refractivity contribution in [2.45, 2.75) is 26.7 Å². The van der Waals surface area contributed by atoms with Crippen LogP contribution in [0.1, 0.15) is 24.7 Å². The summed E-state index contributed by atoms with van der Waals surface area (Å²) in [6.45, 7) is 4.21. The van der Waals surface area contributed by atoms with Crippen molar-refractivity contribution in [2.24, 2.45) is 0 Å². The van der Waals surface area contributed by atoms with Crippen molar-refractivity contribution in [3.63, 3.8) is 0 Å². The van der Waals surface area contributed by atoms with Crippen LogP contribution in [0.15, 0.2) is 36.4 Å². The number of hydrogen-bond donors (Lipinski definition) is 1. The Bertz CT molecular complexity index is 759. The van der Waals surface area contributed by atoms with Crippen LogP contribution in [0.25, 0.3) is 16.8 Å². The highest BCUT2D eigenvalue weighted by atomic mass is 15.3. The Kier molecular flexibility index (Phi) is 3.60. The molecule has 3 aromatic rings. The molecule has 0 atom stereocenters. The van der Waals surface area contributed by atoms with Crippen LogP contribution < -0.4 is 5.32 Å². The Balaban J connectivity index is 2.29. The molecule has 2 aromatic heterocycles. The van der Waals surface area contributed by atoms with Crippen LogP contribution in [0.5, 0.6) is 0 Å². The molecule has 21 heavy (non-hydrogen) atoms. The molecule has 0 unspecified atom stereocenters. The molecule has 0 fully saturated rings. The van der Waals surface area contributed by atoms with E-state index in [-0.39, 0.29) is 0 Å². The number of anilines is 1. The van der Waals surface area contributed by atoms with Gasteiger partial charge in [0.25, 0.3) is 0 Å². The first-order valence-electron chi connectivity index (χ1n) is 7.37. The summed E-state index contributed by atoms with van der Waals surface area (Å²) in [6, 6.07) is 12.4. The molecule has 0 saturated carbocycles. The van der Waals surface area contributed by atoms with E-state index in [9.17, 15) is 0 Å². The van der Waals surface area contributed by atoms with Gasteiger partial charge in [-0.1, -0.05) is 43.7 Å². The first-order chi connectivity index (χ1) is 10.2. The first kappa shape index (κ1) is 13.6. The molecule has 4 nitrogen and oxygen atoms in total. The summed E-state index contributed by atoms with van der Waals surface area (Å²) in [5.74, 6) is 0.980. The van der Waals surface area contributed by atoms with E-state index >= 15 is 0 Å². The van der Waals surface area contributed by atoms with Crippen LogP contribution in [0.4, 0.5) is 5.82 Å². The molecule has 0 spiro atoms. The van der Waals surface area contributed by atoms with Gasteiger partial charge in [-0.3, -0.25) is 0 Å². The van der Waals surface area contributed by atoms with E-state index in [0.29, 0.717) is 0 Å². The normalized spacial score (nSPS) is 11.0. The SMILES string of the molecule is CCCc1cc(NC)n2nc(C)c(-c3ccccc3)c2n1. The predicted octanol–water partition coefficient (Wildman–Crippen LogP) is 3.70. The standard InChI is InChI=1S/C17H20N4/c1-4-8-14-11-15(18-3)21-17(19-14)16(12(2)20-21)13-9-6-5-7-10-13/h5-7,9-11,18H,4,8H2,1-3H3. The van der Waals surface area contributed by atoms with Gasteiger partial charge in [0.2, 0.25) is 0 Å². The van der Waals surface area contributed by atoms with Crippen LogP contribution in [0.2, 0.25) is 0 Å². The zero-order valence-electron chi connectivity index (χ0n) is 12.7. The summed E-state index contributed by atoms with van der Waals surface area (Å²) >= 11 is 0. The Morgan fingerprint density at radius 2 is 1.95 bits per heavy atom. The van der Waals surface area contributed by atoms with Crippen molar-refractivity contribution >= 4 is 11.5 Å². The van der Waals surface area contributed by atoms with E-state index in [4.69, 9.17) is 4.98 Å². The van der Waals surface area contributed by atoms with Crippen molar-refractivity contribution in [3.05, 3.63) is 47.8 Å². The molecule has 1 aromatic carbocycles. The number of benzene rings is 1. The quantitative estimate of drug-likeness (QED) is 0.792. The predicted molar refractivity (Wildman–Crippen MR) is 86.7 cm³/mol. The number of fused-ring (bicyclic) bond motifs is 1. The fourth-order valence-electron chi connectivity index (χ4n) is 2.68. The smallest absolute Gasteiger partial charge is 0.165 e. The Morgan fingerprint density at radius 1 is 1.19 bits per heavy atom. The molecule has 3 rings (SSSR count). The van der Waals surface area contributed by atoms with Crippen molar-refractivity contribution < 1.29 is 0 Å². The third-order valence-electron chi connectivity index (χ3n) is 3.64. The maximum atomic E-state index is 4.83. The molecule has 2 heterocycles. The lowest BCUT2D eigenvalue weighted by molar-refractivity contribution is 0.856. The van der Waals surface area contributed by atoms with Gasteiger partial charge in [-0.15, -0.1) is 0 Å². The van der Waals surface area contributed by atoms with Gasteiger partial charge in [-0.05, 0) is 18.9 Å². The van der Waals surface area contributed by atoms with Gasteiger partial charge in [0.15, 0.2) is 5.65 Å². The Labute approximate surface area is 124 Å². The van der Waals surface area contributed by atoms with E-state index in [2.05, 4.69) is 35.5 Å². The van der Waals surface area contributed by atoms with Gasteiger partial charge in [-0.2, -0.15) is 9.61 Å². The lowest BCUT2D eigenvalue weighted by Crippen LogP contribution is -2.03. The molecule has 0 amide bonds. The molecule has 0 bridgehead atoms. The molecular weight excluding hydrogens is 260 g/mol. The van der Waals surface area contributed by atoms with Crippen LogP contribution in [-0.2, 0) is 6.42 Å². The Morgan fingerprint density at radius 3 is 2.62 bits per heavy atom. The first-order valence-corrected chi connectivity index (χ1v) is 7.37. The average molecular weight is 280 g/mol. The van der Waals surface area contributed by atoms with Crippen LogP contribution in [0, 0.1) is 6.92 Å². The highest BCUT2D eigenvalue weighted by molar-refractivity contribution is 5.80. The van der Waals surface area contributed by atoms with Gasteiger partial charge in [0.05, 0.1) is 5.69 Å². The molecular formula is C17H20N4. The second-order valence-electron chi connectivity index (χ2n) is 5.19. The monoisotopic (exact) mass is 280 g/mol. The molecule has 4 heteroatoms. The summed E-state index contributed by atoms with van der Waals surface area (Å²) in [4.78, 5) is 4.83. The van der Waals surface area contributed by atoms with E-state index in [1.807, 2.05) is 36.7 Å². The maximum absolute atomic E-state index is 4.83. The van der Waals surface area contributed by atoms with Crippen molar-refractivity contribution in [2.75, 3.05) is 12.4 Å². The van der Waals surface area contributed by atoms with Crippen molar-refractivity contribution in [3.8, 4) is 11.1 Å². The highest BCUT2D eigenvalue weighted by Crippen LogP contribution is 2.29. The molecule has 0 radical (unpaired) electrons. The number of aryl methyl sites for hydroxylation is 2. The number of nitrogens with zero attached hydrogens (tertiary/aromatic N) is 3. The topological polar surface area (TPSA) is 42.2 Å². The summed E-state index contributed by atoms with van der Waals surface area (Å²) in [6.07, 6.45) is 2.06. The second kappa shape index (κ2) is 5.56. The summed E-state index contributed by atoms with van der Waals surface area (Å²) in [5.41, 5.74) is 5.30. The molecule has 0 saturated heterocycles. The number of nitrogens with one attached hydrogen (secondary N) is 1. The zero-order chi connectivity index (χ0) is 14.8. The minimum Gasteiger partial charge on any atom is -0.373 e. The van der Waals surface area contributed by atoms with E-state index < -0.39 is 0 Å². The lowest BCUT2D eigenvalue weighted by Gasteiger charge is -2.07. The number of rotatable bonds is 4. The molecule has 0 aliphatic carbocycles. The highest BCUT2D eigenvalue weighted by Gasteiger charge is 2.15. The third-order valence-corrected chi connectivity index (χ3v) is 3.64. The van der Waals surface area contributed by atoms with Crippen LogP contribution in [-0.4, -0.2) is 21.6 Å². The van der Waals surface area contributed by atoms with Gasteiger partial charge >= 0.3 is 0 Å². The second-order valence-corrected chi connectivity index (χ2v) is 5.19. The average Bonchev–Trinajstić information content (AvgIpc) is 2.83. The minimum atomic E-state index is 0.925. The lowest BCUT2D eigenvalue weighted by atomic mass is 10.1. The van der Waals surface area contributed by atoms with Crippen LogP contribution in [0.3, 0.4) is 0 Å². The summed E-state index contributed by atoms with van der Waals surface area (Å²) < 4.78 is 1.90. The van der Waals surface area contributed by atoms with E-state index in [1.165, 1.54) is 0 Å². The Hall–Kier alpha value is -2.36. The van der Waals surface area contributed by atoms with Gasteiger partial charge in [-0.25, -0.2) is 4.98 Å². The largest absolute Gasteiger partial charge is 0.373 e. The summed E-state index contributed by atoms with van der Waals surface area (Å²) in [7, 11) is 1.92. The van der Waals surface area contributed by atoms with Crippen LogP contribution >= 0.6 is 0 Å². The maximum Gasteiger partial charge on any atom is 0.165 e. The van der Waals surface area contributed by atoms with Gasteiger partial charge < -0.3 is 5.32 Å². The molecule has 108 valence electrons. The van der Waals surface area contributed by atoms with Gasteiger partial charge in [0.1, 0.15) is 5.82 Å². The number of aromatic nitrogens is 3. The van der Waals surface area contributed by atoms with Crippen molar-refractivity contribution in [1.82, 2.24) is 14.6 Å². The van der Waals surface area contributed by atoms with Crippen molar-refractivity contribution in [1.29, 1.82) is 0 Å². The zero-order valence-corrected chi connectivity index (χ0v) is 12.7. The minimum absolute atomic E-state index is 0.925. The van der Waals surface area contributed by atoms with E-state index in [1.54, 1.807) is 0 Å². The third kappa shape index (κ3) is 2.37. The molecule has 0 aliphatic rings. The summed E-state index contributed by atoms with van der Waals surface area (Å²) in [5, 5.41) is 7.87. The molecule has 0 aliphatic heterocycles. The fraction of sp³-hybridized carbons (Fsp3) is 0.294. The number of hydrogen-bond acceptors (Lipinski definition) is 3. The van der Waals surface area contributed by atoms with E-state index in [0.717, 1.165) is 46.8 Å². The molecule has 1 N–H and O–H groups in total. The van der Waals surface area contributed by atoms with Gasteiger partial charge in [0, 0.05) is 24.4 Å².